The minimum Gasteiger partial charge on any atom is -0.354 e. The van der Waals surface area contributed by atoms with E-state index in [1.165, 1.54) is 23.3 Å². The van der Waals surface area contributed by atoms with Gasteiger partial charge in [0, 0.05) is 17.5 Å². The zero-order valence-corrected chi connectivity index (χ0v) is 15.1. The van der Waals surface area contributed by atoms with Crippen molar-refractivity contribution in [3.63, 3.8) is 0 Å². The van der Waals surface area contributed by atoms with Crippen LogP contribution in [-0.4, -0.2) is 25.0 Å². The van der Waals surface area contributed by atoms with Crippen molar-refractivity contribution in [3.05, 3.63) is 21.9 Å². The van der Waals surface area contributed by atoms with Gasteiger partial charge in [-0.25, -0.2) is 0 Å². The maximum absolute atomic E-state index is 12.6. The number of nitrogens with one attached hydrogen (secondary N) is 2. The Morgan fingerprint density at radius 1 is 1.45 bits per heavy atom. The highest BCUT2D eigenvalue weighted by Gasteiger charge is 2.33. The van der Waals surface area contributed by atoms with E-state index in [4.69, 9.17) is 0 Å². The van der Waals surface area contributed by atoms with Gasteiger partial charge in [-0.05, 0) is 61.1 Å². The third-order valence-corrected chi connectivity index (χ3v) is 6.18. The van der Waals surface area contributed by atoms with Crippen LogP contribution in [0.15, 0.2) is 11.4 Å². The molecule has 22 heavy (non-hydrogen) atoms. The van der Waals surface area contributed by atoms with Crippen molar-refractivity contribution in [2.45, 2.75) is 57.9 Å². The van der Waals surface area contributed by atoms with Gasteiger partial charge >= 0.3 is 0 Å². The lowest BCUT2D eigenvalue weighted by atomic mass is 9.77. The van der Waals surface area contributed by atoms with Crippen LogP contribution in [-0.2, 0) is 11.2 Å². The summed E-state index contributed by atoms with van der Waals surface area (Å²) >= 11 is 1.80. The van der Waals surface area contributed by atoms with Crippen molar-refractivity contribution in [1.82, 2.24) is 10.6 Å². The van der Waals surface area contributed by atoms with Gasteiger partial charge < -0.3 is 10.6 Å². The standard InChI is InChI=1S/C17H26N2OS.ClH/c1-17(2)8-4-9-18-15(17)11-19-16(20)13-5-3-6-14-12(13)7-10-21-14;/h7,10,13,15,18H,3-6,8-9,11H2,1-2H3,(H,19,20);1H. The molecule has 1 aromatic rings. The van der Waals surface area contributed by atoms with Crippen molar-refractivity contribution in [1.29, 1.82) is 0 Å². The molecule has 124 valence electrons. The lowest BCUT2D eigenvalue weighted by Gasteiger charge is -2.39. The van der Waals surface area contributed by atoms with Crippen LogP contribution in [0.3, 0.4) is 0 Å². The molecule has 2 N–H and O–H groups in total. The number of carbonyl (C=O) groups excluding carboxylic acids is 1. The minimum absolute atomic E-state index is 0. The normalized spacial score (nSPS) is 26.6. The second-order valence-corrected chi connectivity index (χ2v) is 8.09. The third-order valence-electron chi connectivity index (χ3n) is 5.18. The van der Waals surface area contributed by atoms with E-state index in [1.54, 1.807) is 11.3 Å². The number of rotatable bonds is 3. The van der Waals surface area contributed by atoms with Gasteiger partial charge in [0.05, 0.1) is 5.92 Å². The third kappa shape index (κ3) is 3.66. The van der Waals surface area contributed by atoms with Gasteiger partial charge in [-0.3, -0.25) is 4.79 Å². The molecule has 1 amide bonds. The first-order valence-corrected chi connectivity index (χ1v) is 9.03. The van der Waals surface area contributed by atoms with Gasteiger partial charge in [-0.2, -0.15) is 0 Å². The van der Waals surface area contributed by atoms with Crippen molar-refractivity contribution in [3.8, 4) is 0 Å². The van der Waals surface area contributed by atoms with Gasteiger partial charge in [0.25, 0.3) is 0 Å². The molecule has 1 aliphatic heterocycles. The SMILES string of the molecule is CC1(C)CCCNC1CNC(=O)C1CCCc2sccc21.Cl. The number of fused-ring (bicyclic) bond motifs is 1. The fraction of sp³-hybridized carbons (Fsp3) is 0.706. The molecule has 3 nitrogen and oxygen atoms in total. The van der Waals surface area contributed by atoms with Gasteiger partial charge in [-0.15, -0.1) is 23.7 Å². The summed E-state index contributed by atoms with van der Waals surface area (Å²) in [7, 11) is 0. The number of aryl methyl sites for hydroxylation is 1. The summed E-state index contributed by atoms with van der Waals surface area (Å²) in [6.07, 6.45) is 5.75. The molecule has 1 aromatic heterocycles. The number of hydrogen-bond donors (Lipinski definition) is 2. The molecular weight excluding hydrogens is 316 g/mol. The first-order chi connectivity index (χ1) is 10.1. The van der Waals surface area contributed by atoms with E-state index in [0.29, 0.717) is 6.04 Å². The molecule has 2 aliphatic rings. The van der Waals surface area contributed by atoms with Crippen LogP contribution in [0.25, 0.3) is 0 Å². The Morgan fingerprint density at radius 2 is 2.27 bits per heavy atom. The molecule has 0 aromatic carbocycles. The molecule has 1 aliphatic carbocycles. The number of hydrogen-bond acceptors (Lipinski definition) is 3. The van der Waals surface area contributed by atoms with Crippen LogP contribution in [0.1, 0.15) is 55.9 Å². The number of thiophene rings is 1. The zero-order chi connectivity index (χ0) is 14.9. The summed E-state index contributed by atoms with van der Waals surface area (Å²) in [5, 5.41) is 8.91. The average Bonchev–Trinajstić information content (AvgIpc) is 2.93. The molecule has 1 fully saturated rings. The minimum atomic E-state index is 0. The zero-order valence-electron chi connectivity index (χ0n) is 13.5. The molecule has 5 heteroatoms. The first-order valence-electron chi connectivity index (χ1n) is 8.15. The highest BCUT2D eigenvalue weighted by Crippen LogP contribution is 2.35. The van der Waals surface area contributed by atoms with Crippen molar-refractivity contribution < 1.29 is 4.79 Å². The Morgan fingerprint density at radius 3 is 3.05 bits per heavy atom. The highest BCUT2D eigenvalue weighted by molar-refractivity contribution is 7.10. The van der Waals surface area contributed by atoms with Crippen LogP contribution < -0.4 is 10.6 Å². The van der Waals surface area contributed by atoms with Crippen LogP contribution in [0, 0.1) is 5.41 Å². The summed E-state index contributed by atoms with van der Waals surface area (Å²) < 4.78 is 0. The number of carbonyl (C=O) groups is 1. The molecule has 1 saturated heterocycles. The molecule has 2 atom stereocenters. The van der Waals surface area contributed by atoms with E-state index in [0.717, 1.165) is 32.4 Å². The second kappa shape index (κ2) is 7.33. The van der Waals surface area contributed by atoms with Gasteiger partial charge in [0.2, 0.25) is 5.91 Å². The van der Waals surface area contributed by atoms with E-state index in [9.17, 15) is 4.79 Å². The Balaban J connectivity index is 0.00000176. The molecular formula is C17H27ClN2OS. The molecule has 2 heterocycles. The van der Waals surface area contributed by atoms with Gasteiger partial charge in [0.1, 0.15) is 0 Å². The fourth-order valence-electron chi connectivity index (χ4n) is 3.70. The smallest absolute Gasteiger partial charge is 0.227 e. The molecule has 2 unspecified atom stereocenters. The van der Waals surface area contributed by atoms with Gasteiger partial charge in [-0.1, -0.05) is 13.8 Å². The van der Waals surface area contributed by atoms with E-state index < -0.39 is 0 Å². The van der Waals surface area contributed by atoms with Crippen molar-refractivity contribution >= 4 is 29.7 Å². The highest BCUT2D eigenvalue weighted by atomic mass is 35.5. The summed E-state index contributed by atoms with van der Waals surface area (Å²) in [5.74, 6) is 0.296. The molecule has 0 bridgehead atoms. The van der Waals surface area contributed by atoms with Gasteiger partial charge in [0.15, 0.2) is 0 Å². The number of halogens is 1. The summed E-state index contributed by atoms with van der Waals surface area (Å²) in [6, 6.07) is 2.53. The lowest BCUT2D eigenvalue weighted by molar-refractivity contribution is -0.123. The Kier molecular flexibility index (Phi) is 5.92. The monoisotopic (exact) mass is 342 g/mol. The molecule has 0 saturated carbocycles. The summed E-state index contributed by atoms with van der Waals surface area (Å²) in [6.45, 7) is 6.42. The largest absolute Gasteiger partial charge is 0.354 e. The van der Waals surface area contributed by atoms with E-state index >= 15 is 0 Å². The van der Waals surface area contributed by atoms with E-state index in [-0.39, 0.29) is 29.6 Å². The molecule has 3 rings (SSSR count). The first kappa shape index (κ1) is 17.8. The maximum atomic E-state index is 12.6. The Bertz CT molecular complexity index is 515. The molecule has 0 spiro atoms. The van der Waals surface area contributed by atoms with Crippen LogP contribution >= 0.6 is 23.7 Å². The quantitative estimate of drug-likeness (QED) is 0.882. The summed E-state index contributed by atoms with van der Waals surface area (Å²) in [4.78, 5) is 14.0. The van der Waals surface area contributed by atoms with E-state index in [1.807, 2.05) is 0 Å². The average molecular weight is 343 g/mol. The van der Waals surface area contributed by atoms with Crippen LogP contribution in [0.2, 0.25) is 0 Å². The topological polar surface area (TPSA) is 41.1 Å². The Hall–Kier alpha value is -0.580. The number of amides is 1. The predicted molar refractivity (Wildman–Crippen MR) is 95.1 cm³/mol. The predicted octanol–water partition coefficient (Wildman–Crippen LogP) is 3.48. The fourth-order valence-corrected chi connectivity index (χ4v) is 4.69. The van der Waals surface area contributed by atoms with Crippen molar-refractivity contribution in [2.75, 3.05) is 13.1 Å². The van der Waals surface area contributed by atoms with Crippen LogP contribution in [0.4, 0.5) is 0 Å². The Labute approximate surface area is 143 Å². The maximum Gasteiger partial charge on any atom is 0.227 e. The lowest BCUT2D eigenvalue weighted by Crippen LogP contribution is -2.53. The van der Waals surface area contributed by atoms with Crippen molar-refractivity contribution in [2.24, 2.45) is 5.41 Å². The van der Waals surface area contributed by atoms with Crippen LogP contribution in [0.5, 0.6) is 0 Å². The molecule has 0 radical (unpaired) electrons. The summed E-state index contributed by atoms with van der Waals surface area (Å²) in [5.41, 5.74) is 1.55. The van der Waals surface area contributed by atoms with E-state index in [2.05, 4.69) is 35.9 Å². The number of piperidine rings is 1. The second-order valence-electron chi connectivity index (χ2n) is 7.09.